The molecule has 1 aromatic heterocycles. The van der Waals surface area contributed by atoms with E-state index in [0.29, 0.717) is 18.8 Å². The Morgan fingerprint density at radius 2 is 1.72 bits per heavy atom. The van der Waals surface area contributed by atoms with Crippen molar-refractivity contribution < 1.29 is 9.90 Å². The number of hydrogen-bond acceptors (Lipinski definition) is 3. The van der Waals surface area contributed by atoms with Crippen LogP contribution in [0.3, 0.4) is 0 Å². The van der Waals surface area contributed by atoms with Crippen LogP contribution in [0.2, 0.25) is 0 Å². The predicted octanol–water partition coefficient (Wildman–Crippen LogP) is 4.79. The fourth-order valence-electron chi connectivity index (χ4n) is 3.42. The molecule has 3 aromatic rings. The van der Waals surface area contributed by atoms with Gasteiger partial charge in [0.15, 0.2) is 0 Å². The Labute approximate surface area is 170 Å². The van der Waals surface area contributed by atoms with Crippen LogP contribution in [0.4, 0.5) is 0 Å². The Morgan fingerprint density at radius 1 is 1.00 bits per heavy atom. The monoisotopic (exact) mass is 382 g/mol. The zero-order valence-electron chi connectivity index (χ0n) is 16.2. The van der Waals surface area contributed by atoms with Crippen LogP contribution in [0.1, 0.15) is 22.4 Å². The molecule has 4 heteroatoms. The molecule has 0 radical (unpaired) electrons. The number of carbonyl (C=O) groups excluding carboxylic acids is 1. The van der Waals surface area contributed by atoms with Gasteiger partial charge >= 0.3 is 0 Å². The van der Waals surface area contributed by atoms with Crippen molar-refractivity contribution in [3.63, 3.8) is 0 Å². The van der Waals surface area contributed by atoms with Gasteiger partial charge in [0.05, 0.1) is 17.8 Å². The van der Waals surface area contributed by atoms with Gasteiger partial charge in [0.25, 0.3) is 5.91 Å². The lowest BCUT2D eigenvalue weighted by Gasteiger charge is -2.30. The highest BCUT2D eigenvalue weighted by Crippen LogP contribution is 2.31. The fraction of sp³-hybridized carbons (Fsp3) is 0.120. The highest BCUT2D eigenvalue weighted by molar-refractivity contribution is 6.06. The second-order valence-corrected chi connectivity index (χ2v) is 7.15. The van der Waals surface area contributed by atoms with Crippen molar-refractivity contribution in [3.05, 3.63) is 113 Å². The number of nitrogens with zero attached hydrogens (tertiary/aromatic N) is 2. The van der Waals surface area contributed by atoms with Gasteiger partial charge in [0.2, 0.25) is 0 Å². The number of aliphatic hydroxyl groups is 1. The van der Waals surface area contributed by atoms with E-state index >= 15 is 0 Å². The van der Waals surface area contributed by atoms with Gasteiger partial charge < -0.3 is 10.0 Å². The molecule has 2 aromatic carbocycles. The summed E-state index contributed by atoms with van der Waals surface area (Å²) >= 11 is 0. The zero-order valence-corrected chi connectivity index (χ0v) is 16.2. The molecule has 0 atom stereocenters. The highest BCUT2D eigenvalue weighted by Gasteiger charge is 2.31. The van der Waals surface area contributed by atoms with Crippen LogP contribution < -0.4 is 0 Å². The summed E-state index contributed by atoms with van der Waals surface area (Å²) in [7, 11) is 0. The van der Waals surface area contributed by atoms with Crippen molar-refractivity contribution >= 4 is 17.6 Å². The van der Waals surface area contributed by atoms with Crippen molar-refractivity contribution in [2.24, 2.45) is 0 Å². The van der Waals surface area contributed by atoms with Crippen LogP contribution in [-0.2, 0) is 11.3 Å². The lowest BCUT2D eigenvalue weighted by molar-refractivity contribution is -0.127. The second-order valence-electron chi connectivity index (χ2n) is 7.15. The molecule has 2 heterocycles. The van der Waals surface area contributed by atoms with Gasteiger partial charge in [-0.1, -0.05) is 66.2 Å². The molecule has 29 heavy (non-hydrogen) atoms. The van der Waals surface area contributed by atoms with E-state index < -0.39 is 0 Å². The summed E-state index contributed by atoms with van der Waals surface area (Å²) in [6.45, 7) is 2.86. The van der Waals surface area contributed by atoms with E-state index in [1.165, 1.54) is 5.56 Å². The van der Waals surface area contributed by atoms with Crippen molar-refractivity contribution in [2.45, 2.75) is 13.5 Å². The molecule has 144 valence electrons. The Morgan fingerprint density at radius 3 is 2.41 bits per heavy atom. The number of aromatic nitrogens is 1. The molecular formula is C25H22N2O2. The maximum Gasteiger partial charge on any atom is 0.258 e. The minimum absolute atomic E-state index is 0.0204. The Kier molecular flexibility index (Phi) is 5.25. The molecule has 4 rings (SSSR count). The average Bonchev–Trinajstić information content (AvgIpc) is 2.76. The number of aryl methyl sites for hydroxylation is 1. The lowest BCUT2D eigenvalue weighted by atomic mass is 9.95. The van der Waals surface area contributed by atoms with Crippen LogP contribution in [0.15, 0.2) is 90.3 Å². The van der Waals surface area contributed by atoms with Crippen LogP contribution in [0.5, 0.6) is 0 Å². The van der Waals surface area contributed by atoms with Crippen LogP contribution in [-0.4, -0.2) is 27.4 Å². The molecule has 0 fully saturated rings. The number of carbonyl (C=O) groups is 1. The van der Waals surface area contributed by atoms with E-state index in [1.54, 1.807) is 17.2 Å². The first kappa shape index (κ1) is 18.7. The fourth-order valence-corrected chi connectivity index (χ4v) is 3.42. The number of pyridine rings is 1. The number of benzene rings is 2. The predicted molar refractivity (Wildman–Crippen MR) is 115 cm³/mol. The summed E-state index contributed by atoms with van der Waals surface area (Å²) < 4.78 is 0. The average molecular weight is 382 g/mol. The first-order chi connectivity index (χ1) is 14.1. The number of hydrogen-bond donors (Lipinski definition) is 1. The molecule has 1 aliphatic rings. The number of aliphatic hydroxyl groups excluding tert-OH is 1. The quantitative estimate of drug-likeness (QED) is 0.661. The molecule has 0 aliphatic carbocycles. The molecule has 1 N–H and O–H groups in total. The van der Waals surface area contributed by atoms with Crippen LogP contribution in [0.25, 0.3) is 11.6 Å². The Bertz CT molecular complexity index is 1070. The smallest absolute Gasteiger partial charge is 0.258 e. The Hall–Kier alpha value is -3.66. The molecule has 0 unspecified atom stereocenters. The second kappa shape index (κ2) is 8.15. The van der Waals surface area contributed by atoms with Crippen molar-refractivity contribution in [3.8, 4) is 0 Å². The van der Waals surface area contributed by atoms with E-state index in [1.807, 2.05) is 79.7 Å². The van der Waals surface area contributed by atoms with Gasteiger partial charge in [-0.15, -0.1) is 0 Å². The van der Waals surface area contributed by atoms with Crippen LogP contribution >= 0.6 is 0 Å². The van der Waals surface area contributed by atoms with Gasteiger partial charge in [-0.05, 0) is 36.3 Å². The van der Waals surface area contributed by atoms with E-state index in [-0.39, 0.29) is 17.2 Å². The van der Waals surface area contributed by atoms with Gasteiger partial charge in [-0.25, -0.2) is 0 Å². The van der Waals surface area contributed by atoms with Crippen molar-refractivity contribution in [1.29, 1.82) is 0 Å². The molecule has 0 bridgehead atoms. The minimum atomic E-state index is -0.201. The summed E-state index contributed by atoms with van der Waals surface area (Å²) in [6, 6.07) is 23.3. The zero-order chi connectivity index (χ0) is 20.2. The van der Waals surface area contributed by atoms with Crippen LogP contribution in [0, 0.1) is 6.92 Å². The van der Waals surface area contributed by atoms with E-state index in [4.69, 9.17) is 0 Å². The first-order valence-electron chi connectivity index (χ1n) is 9.57. The lowest BCUT2D eigenvalue weighted by Crippen LogP contribution is -2.37. The third-order valence-corrected chi connectivity index (χ3v) is 5.00. The molecule has 4 nitrogen and oxygen atoms in total. The minimum Gasteiger partial charge on any atom is -0.507 e. The summed E-state index contributed by atoms with van der Waals surface area (Å²) in [5.41, 5.74) is 4.76. The largest absolute Gasteiger partial charge is 0.507 e. The van der Waals surface area contributed by atoms with Gasteiger partial charge in [0.1, 0.15) is 5.76 Å². The highest BCUT2D eigenvalue weighted by atomic mass is 16.3. The van der Waals surface area contributed by atoms with Crippen molar-refractivity contribution in [2.75, 3.05) is 6.54 Å². The molecule has 0 spiro atoms. The maximum absolute atomic E-state index is 13.2. The van der Waals surface area contributed by atoms with Gasteiger partial charge in [0, 0.05) is 18.3 Å². The Balaban J connectivity index is 1.76. The normalized spacial score (nSPS) is 15.8. The summed E-state index contributed by atoms with van der Waals surface area (Å²) in [5, 5.41) is 11.0. The molecule has 0 saturated heterocycles. The van der Waals surface area contributed by atoms with Gasteiger partial charge in [-0.3, -0.25) is 9.78 Å². The SMILES string of the molecule is Cc1ccc(CN2CC(c3ccccc3)=C(O)/C(=C\c3ccccn3)C2=O)cc1. The summed E-state index contributed by atoms with van der Waals surface area (Å²) in [5.74, 6) is -0.180. The molecular weight excluding hydrogens is 360 g/mol. The topological polar surface area (TPSA) is 53.4 Å². The maximum atomic E-state index is 13.2. The van der Waals surface area contributed by atoms with E-state index in [9.17, 15) is 9.90 Å². The molecule has 1 amide bonds. The molecule has 0 saturated carbocycles. The van der Waals surface area contributed by atoms with E-state index in [2.05, 4.69) is 4.98 Å². The van der Waals surface area contributed by atoms with Gasteiger partial charge in [-0.2, -0.15) is 0 Å². The van der Waals surface area contributed by atoms with Crippen molar-refractivity contribution in [1.82, 2.24) is 9.88 Å². The standard InChI is InChI=1S/C25H22N2O2/c1-18-10-12-19(13-11-18)16-27-17-23(20-7-3-2-4-8-20)24(28)22(25(27)29)15-21-9-5-6-14-26-21/h2-15,28H,16-17H2,1H3/b22-15+. The van der Waals surface area contributed by atoms with E-state index in [0.717, 1.165) is 16.7 Å². The number of amides is 1. The molecule has 1 aliphatic heterocycles. The third-order valence-electron chi connectivity index (χ3n) is 5.00. The summed E-state index contributed by atoms with van der Waals surface area (Å²) in [4.78, 5) is 19.3. The first-order valence-corrected chi connectivity index (χ1v) is 9.57. The number of rotatable bonds is 4. The third kappa shape index (κ3) is 4.11. The summed E-state index contributed by atoms with van der Waals surface area (Å²) in [6.07, 6.45) is 3.32.